The van der Waals surface area contributed by atoms with Gasteiger partial charge in [0.1, 0.15) is 11.6 Å². The summed E-state index contributed by atoms with van der Waals surface area (Å²) in [6, 6.07) is 22.1. The zero-order chi connectivity index (χ0) is 26.1. The van der Waals surface area contributed by atoms with Gasteiger partial charge in [-0.15, -0.1) is 11.3 Å². The SMILES string of the molecule is Cc1cc(-c2ccc(Cc3nc4c(-c5cccc(F)c5)cccc4nc3C(N)=O)s2)ccc1OC(C)C. The number of primary amides is 1. The van der Waals surface area contributed by atoms with Crippen LogP contribution in [0.2, 0.25) is 0 Å². The molecule has 5 nitrogen and oxygen atoms in total. The Labute approximate surface area is 218 Å². The lowest BCUT2D eigenvalue weighted by atomic mass is 10.0. The Morgan fingerprint density at radius 3 is 2.54 bits per heavy atom. The molecule has 0 fully saturated rings. The molecule has 0 radical (unpaired) electrons. The van der Waals surface area contributed by atoms with Crippen molar-refractivity contribution >= 4 is 28.3 Å². The summed E-state index contributed by atoms with van der Waals surface area (Å²) in [7, 11) is 0. The van der Waals surface area contributed by atoms with Gasteiger partial charge in [0.05, 0.1) is 22.8 Å². The van der Waals surface area contributed by atoms with Crippen molar-refractivity contribution in [2.24, 2.45) is 5.73 Å². The number of aromatic nitrogens is 2. The maximum atomic E-state index is 13.9. The van der Waals surface area contributed by atoms with Gasteiger partial charge in [0, 0.05) is 21.7 Å². The van der Waals surface area contributed by atoms with Gasteiger partial charge in [-0.25, -0.2) is 14.4 Å². The number of carbonyl (C=O) groups excluding carboxylic acids is 1. The number of ether oxygens (including phenoxy) is 1. The Bertz CT molecular complexity index is 1630. The second-order valence-corrected chi connectivity index (χ2v) is 10.3. The first-order chi connectivity index (χ1) is 17.8. The molecule has 0 atom stereocenters. The van der Waals surface area contributed by atoms with Crippen LogP contribution in [-0.2, 0) is 6.42 Å². The lowest BCUT2D eigenvalue weighted by Crippen LogP contribution is -2.17. The number of rotatable bonds is 7. The molecule has 5 rings (SSSR count). The molecule has 0 unspecified atom stereocenters. The fraction of sp³-hybridized carbons (Fsp3) is 0.167. The van der Waals surface area contributed by atoms with Gasteiger partial charge in [-0.3, -0.25) is 4.79 Å². The molecule has 2 N–H and O–H groups in total. The summed E-state index contributed by atoms with van der Waals surface area (Å²) in [5, 5.41) is 0. The number of amides is 1. The molecular formula is C30H26FN3O2S. The molecule has 186 valence electrons. The Hall–Kier alpha value is -4.10. The van der Waals surface area contributed by atoms with Crippen molar-refractivity contribution in [3.8, 4) is 27.3 Å². The molecule has 2 aromatic heterocycles. The van der Waals surface area contributed by atoms with Crippen molar-refractivity contribution in [1.29, 1.82) is 0 Å². The van der Waals surface area contributed by atoms with Gasteiger partial charge in [0.25, 0.3) is 5.91 Å². The highest BCUT2D eigenvalue weighted by Crippen LogP contribution is 2.34. The summed E-state index contributed by atoms with van der Waals surface area (Å²) in [5.74, 6) is -0.0857. The summed E-state index contributed by atoms with van der Waals surface area (Å²) in [6.07, 6.45) is 0.513. The van der Waals surface area contributed by atoms with Crippen LogP contribution in [0.3, 0.4) is 0 Å². The van der Waals surface area contributed by atoms with Crippen molar-refractivity contribution in [2.75, 3.05) is 0 Å². The summed E-state index contributed by atoms with van der Waals surface area (Å²) in [4.78, 5) is 23.8. The first kappa shape index (κ1) is 24.6. The van der Waals surface area contributed by atoms with Crippen molar-refractivity contribution < 1.29 is 13.9 Å². The number of nitrogens with two attached hydrogens (primary N) is 1. The second kappa shape index (κ2) is 10.1. The number of hydrogen-bond acceptors (Lipinski definition) is 5. The maximum Gasteiger partial charge on any atom is 0.269 e. The predicted octanol–water partition coefficient (Wildman–Crippen LogP) is 6.95. The molecule has 7 heteroatoms. The highest BCUT2D eigenvalue weighted by molar-refractivity contribution is 7.15. The fourth-order valence-electron chi connectivity index (χ4n) is 4.30. The first-order valence-corrected chi connectivity index (χ1v) is 12.8. The van der Waals surface area contributed by atoms with Crippen molar-refractivity contribution in [3.05, 3.63) is 100 Å². The second-order valence-electron chi connectivity index (χ2n) is 9.16. The topological polar surface area (TPSA) is 78.1 Å². The van der Waals surface area contributed by atoms with Gasteiger partial charge >= 0.3 is 0 Å². The van der Waals surface area contributed by atoms with E-state index in [1.165, 1.54) is 12.1 Å². The Balaban J connectivity index is 1.52. The molecule has 2 heterocycles. The molecule has 0 aliphatic heterocycles. The zero-order valence-corrected chi connectivity index (χ0v) is 21.6. The number of aryl methyl sites for hydroxylation is 1. The van der Waals surface area contributed by atoms with Crippen LogP contribution < -0.4 is 10.5 Å². The Kier molecular flexibility index (Phi) is 6.72. The third-order valence-electron chi connectivity index (χ3n) is 5.96. The molecule has 37 heavy (non-hydrogen) atoms. The Morgan fingerprint density at radius 2 is 1.81 bits per heavy atom. The number of fused-ring (bicyclic) bond motifs is 1. The summed E-state index contributed by atoms with van der Waals surface area (Å²) in [6.45, 7) is 6.06. The monoisotopic (exact) mass is 511 g/mol. The number of halogens is 1. The molecule has 0 bridgehead atoms. The molecule has 1 amide bonds. The summed E-state index contributed by atoms with van der Waals surface area (Å²) in [5.41, 5.74) is 11.1. The van der Waals surface area contributed by atoms with Gasteiger partial charge in [-0.05, 0) is 86.0 Å². The van der Waals surface area contributed by atoms with Crippen LogP contribution >= 0.6 is 11.3 Å². The predicted molar refractivity (Wildman–Crippen MR) is 147 cm³/mol. The van der Waals surface area contributed by atoms with Crippen molar-refractivity contribution in [3.63, 3.8) is 0 Å². The van der Waals surface area contributed by atoms with E-state index in [0.29, 0.717) is 28.7 Å². The highest BCUT2D eigenvalue weighted by Gasteiger charge is 2.18. The average molecular weight is 512 g/mol. The molecular weight excluding hydrogens is 485 g/mol. The van der Waals surface area contributed by atoms with Gasteiger partial charge < -0.3 is 10.5 Å². The lowest BCUT2D eigenvalue weighted by Gasteiger charge is -2.13. The van der Waals surface area contributed by atoms with Crippen LogP contribution in [0.5, 0.6) is 5.75 Å². The third-order valence-corrected chi connectivity index (χ3v) is 7.10. The summed E-state index contributed by atoms with van der Waals surface area (Å²) >= 11 is 1.63. The van der Waals surface area contributed by atoms with Crippen LogP contribution in [0.15, 0.2) is 72.8 Å². The minimum Gasteiger partial charge on any atom is -0.491 e. The zero-order valence-electron chi connectivity index (χ0n) is 20.8. The molecule has 0 saturated heterocycles. The van der Waals surface area contributed by atoms with E-state index in [2.05, 4.69) is 23.2 Å². The lowest BCUT2D eigenvalue weighted by molar-refractivity contribution is 0.0994. The van der Waals surface area contributed by atoms with Crippen LogP contribution in [0, 0.1) is 12.7 Å². The molecule has 3 aromatic carbocycles. The van der Waals surface area contributed by atoms with Crippen LogP contribution in [0.4, 0.5) is 4.39 Å². The number of para-hydroxylation sites is 1. The van der Waals surface area contributed by atoms with Crippen molar-refractivity contribution in [2.45, 2.75) is 33.3 Å². The molecule has 0 aliphatic carbocycles. The number of nitrogens with zero attached hydrogens (tertiary/aromatic N) is 2. The van der Waals surface area contributed by atoms with E-state index in [4.69, 9.17) is 15.5 Å². The minimum atomic E-state index is -0.631. The molecule has 0 spiro atoms. The van der Waals surface area contributed by atoms with Gasteiger partial charge in [-0.1, -0.05) is 24.3 Å². The van der Waals surface area contributed by atoms with Gasteiger partial charge in [0.15, 0.2) is 5.69 Å². The summed E-state index contributed by atoms with van der Waals surface area (Å²) < 4.78 is 19.8. The molecule has 5 aromatic rings. The largest absolute Gasteiger partial charge is 0.491 e. The van der Waals surface area contributed by atoms with Crippen molar-refractivity contribution in [1.82, 2.24) is 9.97 Å². The van der Waals surface area contributed by atoms with Crippen LogP contribution in [0.25, 0.3) is 32.6 Å². The fourth-order valence-corrected chi connectivity index (χ4v) is 5.31. The van der Waals surface area contributed by atoms with E-state index >= 15 is 0 Å². The Morgan fingerprint density at radius 1 is 1.00 bits per heavy atom. The number of hydrogen-bond donors (Lipinski definition) is 1. The molecule has 0 saturated carbocycles. The smallest absolute Gasteiger partial charge is 0.269 e. The normalized spacial score (nSPS) is 11.3. The minimum absolute atomic E-state index is 0.113. The highest BCUT2D eigenvalue weighted by atomic mass is 32.1. The molecule has 0 aliphatic rings. The van der Waals surface area contributed by atoms with Crippen LogP contribution in [-0.4, -0.2) is 22.0 Å². The van der Waals surface area contributed by atoms with E-state index < -0.39 is 5.91 Å². The first-order valence-electron chi connectivity index (χ1n) is 12.0. The van der Waals surface area contributed by atoms with Crippen LogP contribution in [0.1, 0.15) is 40.5 Å². The standard InChI is InChI=1S/C30H26FN3O2S/c1-17(2)36-26-12-10-20(14-18(26)3)27-13-11-22(37-27)16-25-29(30(32)35)33-24-9-5-8-23(28(24)34-25)19-6-4-7-21(31)15-19/h4-15,17H,16H2,1-3H3,(H2,32,35). The number of thiophene rings is 1. The quantitative estimate of drug-likeness (QED) is 0.256. The van der Waals surface area contributed by atoms with E-state index in [1.807, 2.05) is 51.1 Å². The number of benzene rings is 3. The average Bonchev–Trinajstić information content (AvgIpc) is 3.32. The van der Waals surface area contributed by atoms with E-state index in [0.717, 1.165) is 32.2 Å². The third kappa shape index (κ3) is 5.22. The maximum absolute atomic E-state index is 13.9. The van der Waals surface area contributed by atoms with E-state index in [9.17, 15) is 9.18 Å². The van der Waals surface area contributed by atoms with E-state index in [1.54, 1.807) is 23.5 Å². The van der Waals surface area contributed by atoms with Gasteiger partial charge in [0.2, 0.25) is 0 Å². The van der Waals surface area contributed by atoms with Gasteiger partial charge in [-0.2, -0.15) is 0 Å². The number of carbonyl (C=O) groups is 1. The van der Waals surface area contributed by atoms with E-state index in [-0.39, 0.29) is 17.6 Å².